The number of carbonyl (C=O) groups is 1. The van der Waals surface area contributed by atoms with Crippen LogP contribution in [0.5, 0.6) is 0 Å². The fourth-order valence-electron chi connectivity index (χ4n) is 2.38. The van der Waals surface area contributed by atoms with Crippen molar-refractivity contribution in [1.29, 1.82) is 0 Å². The number of aryl methyl sites for hydroxylation is 1. The van der Waals surface area contributed by atoms with Crippen LogP contribution in [0.4, 0.5) is 0 Å². The number of hydrogen-bond donors (Lipinski definition) is 1. The number of likely N-dealkylation sites (tertiary alicyclic amines) is 1. The lowest BCUT2D eigenvalue weighted by Crippen LogP contribution is -2.37. The van der Waals surface area contributed by atoms with E-state index >= 15 is 0 Å². The van der Waals surface area contributed by atoms with E-state index in [0.29, 0.717) is 6.54 Å². The van der Waals surface area contributed by atoms with Gasteiger partial charge >= 0.3 is 0 Å². The van der Waals surface area contributed by atoms with Crippen molar-refractivity contribution in [1.82, 2.24) is 10.2 Å². The second kappa shape index (κ2) is 6.01. The molecule has 3 heteroatoms. The Morgan fingerprint density at radius 1 is 1.39 bits per heavy atom. The highest BCUT2D eigenvalue weighted by atomic mass is 16.2. The van der Waals surface area contributed by atoms with Gasteiger partial charge in [0.25, 0.3) is 0 Å². The van der Waals surface area contributed by atoms with Gasteiger partial charge in [-0.2, -0.15) is 0 Å². The summed E-state index contributed by atoms with van der Waals surface area (Å²) in [5.41, 5.74) is 2.50. The first-order valence-electron chi connectivity index (χ1n) is 6.74. The lowest BCUT2D eigenvalue weighted by Gasteiger charge is -2.19. The number of nitrogens with one attached hydrogen (secondary N) is 1. The summed E-state index contributed by atoms with van der Waals surface area (Å²) in [5, 5.41) is 3.31. The van der Waals surface area contributed by atoms with E-state index in [2.05, 4.69) is 43.4 Å². The van der Waals surface area contributed by atoms with E-state index in [-0.39, 0.29) is 11.9 Å². The van der Waals surface area contributed by atoms with Gasteiger partial charge in [0, 0.05) is 19.1 Å². The minimum absolute atomic E-state index is 0.219. The molecular formula is C15H22N2O. The predicted molar refractivity (Wildman–Crippen MR) is 73.4 cm³/mol. The van der Waals surface area contributed by atoms with E-state index in [4.69, 9.17) is 0 Å². The van der Waals surface area contributed by atoms with Crippen LogP contribution in [-0.2, 0) is 4.79 Å². The van der Waals surface area contributed by atoms with Crippen molar-refractivity contribution in [2.75, 3.05) is 19.6 Å². The maximum Gasteiger partial charge on any atom is 0.236 e. The number of hydrogen-bond acceptors (Lipinski definition) is 2. The maximum absolute atomic E-state index is 11.9. The molecule has 0 unspecified atom stereocenters. The van der Waals surface area contributed by atoms with Gasteiger partial charge in [-0.15, -0.1) is 0 Å². The summed E-state index contributed by atoms with van der Waals surface area (Å²) in [7, 11) is 0. The first-order valence-corrected chi connectivity index (χ1v) is 6.74. The Kier molecular flexibility index (Phi) is 4.37. The minimum atomic E-state index is 0.219. The lowest BCUT2D eigenvalue weighted by atomic mass is 10.1. The van der Waals surface area contributed by atoms with Crippen LogP contribution in [0.1, 0.15) is 36.9 Å². The van der Waals surface area contributed by atoms with Crippen molar-refractivity contribution in [3.63, 3.8) is 0 Å². The molecule has 98 valence electrons. The summed E-state index contributed by atoms with van der Waals surface area (Å²) in [6, 6.07) is 8.64. The maximum atomic E-state index is 11.9. The van der Waals surface area contributed by atoms with Crippen LogP contribution in [0.2, 0.25) is 0 Å². The second-order valence-electron chi connectivity index (χ2n) is 5.10. The van der Waals surface area contributed by atoms with Crippen molar-refractivity contribution in [2.24, 2.45) is 0 Å². The Morgan fingerprint density at radius 3 is 2.78 bits per heavy atom. The standard InChI is InChI=1S/C15H22N2O/c1-12-6-5-7-14(10-12)13(2)16-11-15(18)17-8-3-4-9-17/h5-7,10,13,16H,3-4,8-9,11H2,1-2H3/t13-/m0/s1. The number of benzene rings is 1. The Balaban J connectivity index is 1.84. The molecule has 1 aromatic carbocycles. The molecule has 1 aliphatic rings. The third-order valence-corrected chi connectivity index (χ3v) is 3.56. The fourth-order valence-corrected chi connectivity index (χ4v) is 2.38. The Bertz CT molecular complexity index is 411. The zero-order chi connectivity index (χ0) is 13.0. The van der Waals surface area contributed by atoms with E-state index in [1.807, 2.05) is 4.90 Å². The molecule has 1 aromatic rings. The molecule has 1 amide bonds. The molecule has 1 fully saturated rings. The molecule has 0 spiro atoms. The predicted octanol–water partition coefficient (Wildman–Crippen LogP) is 2.27. The molecule has 2 rings (SSSR count). The van der Waals surface area contributed by atoms with E-state index in [0.717, 1.165) is 25.9 Å². The SMILES string of the molecule is Cc1cccc([C@H](C)NCC(=O)N2CCCC2)c1. The monoisotopic (exact) mass is 246 g/mol. The normalized spacial score (nSPS) is 16.9. The van der Waals surface area contributed by atoms with E-state index in [1.54, 1.807) is 0 Å². The summed E-state index contributed by atoms with van der Waals surface area (Å²) in [6.45, 7) is 6.49. The highest BCUT2D eigenvalue weighted by Gasteiger charge is 2.18. The first-order chi connectivity index (χ1) is 8.66. The van der Waals surface area contributed by atoms with Gasteiger partial charge in [0.2, 0.25) is 5.91 Å². The van der Waals surface area contributed by atoms with E-state index < -0.39 is 0 Å². The summed E-state index contributed by atoms with van der Waals surface area (Å²) in [5.74, 6) is 0.229. The summed E-state index contributed by atoms with van der Waals surface area (Å²) >= 11 is 0. The van der Waals surface area contributed by atoms with Crippen molar-refractivity contribution < 1.29 is 4.79 Å². The first kappa shape index (κ1) is 13.1. The van der Waals surface area contributed by atoms with Gasteiger partial charge in [-0.1, -0.05) is 29.8 Å². The van der Waals surface area contributed by atoms with E-state index in [9.17, 15) is 4.79 Å². The number of amides is 1. The van der Waals surface area contributed by atoms with Crippen molar-refractivity contribution in [3.8, 4) is 0 Å². The van der Waals surface area contributed by atoms with Gasteiger partial charge in [0.15, 0.2) is 0 Å². The van der Waals surface area contributed by atoms with Crippen molar-refractivity contribution in [2.45, 2.75) is 32.7 Å². The molecule has 1 aliphatic heterocycles. The largest absolute Gasteiger partial charge is 0.342 e. The highest BCUT2D eigenvalue weighted by molar-refractivity contribution is 5.78. The number of carbonyl (C=O) groups excluding carboxylic acids is 1. The second-order valence-corrected chi connectivity index (χ2v) is 5.10. The summed E-state index contributed by atoms with van der Waals surface area (Å²) in [4.78, 5) is 13.9. The Labute approximate surface area is 109 Å². The van der Waals surface area contributed by atoms with Gasteiger partial charge in [0.1, 0.15) is 0 Å². The molecule has 0 aliphatic carbocycles. The summed E-state index contributed by atoms with van der Waals surface area (Å²) in [6.07, 6.45) is 2.30. The van der Waals surface area contributed by atoms with Crippen LogP contribution in [-0.4, -0.2) is 30.4 Å². The quantitative estimate of drug-likeness (QED) is 0.884. The summed E-state index contributed by atoms with van der Waals surface area (Å²) < 4.78 is 0. The molecule has 0 saturated carbocycles. The molecule has 1 saturated heterocycles. The molecular weight excluding hydrogens is 224 g/mol. The van der Waals surface area contributed by atoms with Crippen molar-refractivity contribution >= 4 is 5.91 Å². The lowest BCUT2D eigenvalue weighted by molar-refractivity contribution is -0.129. The molecule has 18 heavy (non-hydrogen) atoms. The van der Waals surface area contributed by atoms with Gasteiger partial charge < -0.3 is 10.2 Å². The zero-order valence-corrected chi connectivity index (χ0v) is 11.3. The average molecular weight is 246 g/mol. The van der Waals surface area contributed by atoms with Crippen molar-refractivity contribution in [3.05, 3.63) is 35.4 Å². The number of nitrogens with zero attached hydrogens (tertiary/aromatic N) is 1. The molecule has 0 aromatic heterocycles. The van der Waals surface area contributed by atoms with Crippen LogP contribution in [0.15, 0.2) is 24.3 Å². The topological polar surface area (TPSA) is 32.3 Å². The molecule has 1 N–H and O–H groups in total. The molecule has 1 heterocycles. The minimum Gasteiger partial charge on any atom is -0.342 e. The van der Waals surface area contributed by atoms with Gasteiger partial charge in [-0.05, 0) is 32.3 Å². The van der Waals surface area contributed by atoms with Crippen LogP contribution in [0.25, 0.3) is 0 Å². The average Bonchev–Trinajstić information content (AvgIpc) is 2.89. The molecule has 0 radical (unpaired) electrons. The highest BCUT2D eigenvalue weighted by Crippen LogP contribution is 2.14. The van der Waals surface area contributed by atoms with Crippen LogP contribution in [0, 0.1) is 6.92 Å². The third kappa shape index (κ3) is 3.33. The fraction of sp³-hybridized carbons (Fsp3) is 0.533. The zero-order valence-electron chi connectivity index (χ0n) is 11.3. The van der Waals surface area contributed by atoms with Gasteiger partial charge in [0.05, 0.1) is 6.54 Å². The van der Waals surface area contributed by atoms with E-state index in [1.165, 1.54) is 11.1 Å². The number of rotatable bonds is 4. The van der Waals surface area contributed by atoms with Crippen LogP contribution < -0.4 is 5.32 Å². The molecule has 3 nitrogen and oxygen atoms in total. The van der Waals surface area contributed by atoms with Gasteiger partial charge in [-0.3, -0.25) is 4.79 Å². The smallest absolute Gasteiger partial charge is 0.236 e. The third-order valence-electron chi connectivity index (χ3n) is 3.56. The van der Waals surface area contributed by atoms with Crippen LogP contribution in [0.3, 0.4) is 0 Å². The van der Waals surface area contributed by atoms with Crippen LogP contribution >= 0.6 is 0 Å². The van der Waals surface area contributed by atoms with Gasteiger partial charge in [-0.25, -0.2) is 0 Å². The molecule has 0 bridgehead atoms. The Hall–Kier alpha value is -1.35. The Morgan fingerprint density at radius 2 is 2.11 bits per heavy atom. The molecule has 1 atom stereocenters.